The smallest absolute Gasteiger partial charge is 0.135 e. The Bertz CT molecular complexity index is 3410. The number of hydrogen-bond acceptors (Lipinski definition) is 4. The third kappa shape index (κ3) is 5.33. The maximum absolute atomic E-state index is 9.86. The molecule has 0 bridgehead atoms. The largest absolute Gasteiger partial charge is 0.456 e. The first-order valence-corrected chi connectivity index (χ1v) is 22.4. The van der Waals surface area contributed by atoms with Gasteiger partial charge in [-0.1, -0.05) is 124 Å². The van der Waals surface area contributed by atoms with Crippen molar-refractivity contribution in [2.45, 2.75) is 90.9 Å². The van der Waals surface area contributed by atoms with Gasteiger partial charge in [0.2, 0.25) is 0 Å². The number of furan rings is 1. The summed E-state index contributed by atoms with van der Waals surface area (Å²) in [6.45, 7) is 23.7. The number of hydrogen-bond donors (Lipinski definition) is 0. The van der Waals surface area contributed by atoms with E-state index < -0.39 is 0 Å². The summed E-state index contributed by atoms with van der Waals surface area (Å²) < 4.78 is 9.12. The van der Waals surface area contributed by atoms with Crippen molar-refractivity contribution >= 4 is 70.5 Å². The molecule has 2 aliphatic carbocycles. The van der Waals surface area contributed by atoms with Crippen LogP contribution >= 0.6 is 11.3 Å². The third-order valence-electron chi connectivity index (χ3n) is 13.9. The van der Waals surface area contributed by atoms with Crippen LogP contribution in [0.5, 0.6) is 0 Å². The maximum atomic E-state index is 9.86. The van der Waals surface area contributed by atoms with E-state index >= 15 is 0 Å². The summed E-state index contributed by atoms with van der Waals surface area (Å²) in [5.74, 6) is 0. The van der Waals surface area contributed by atoms with Crippen molar-refractivity contribution < 1.29 is 4.42 Å². The van der Waals surface area contributed by atoms with Crippen LogP contribution in [0, 0.1) is 11.3 Å². The normalized spacial score (nSPS) is 15.0. The van der Waals surface area contributed by atoms with Crippen LogP contribution in [0.15, 0.2) is 126 Å². The summed E-state index contributed by atoms with van der Waals surface area (Å²) >= 11 is 1.96. The lowest BCUT2D eigenvalue weighted by Gasteiger charge is -2.30. The maximum Gasteiger partial charge on any atom is 0.135 e. The zero-order valence-electron chi connectivity index (χ0n) is 36.8. The number of fused-ring (bicyclic) bond motifs is 13. The standard InChI is InChI=1S/C57H50N2OS/c1-54(2,3)33-27-41-51-49(61-53(41)45(28-33)55(4,5)6)25-22-38-50-43(57(9,10)52(38)51)16-13-17-46(50)59(34-20-24-48-40(29-34)39-26-32(31-58)18-23-47(39)60-48)35-19-21-37-36-14-11-12-15-42(36)56(7,8)44(37)30-35/h11-30H,1-10H3. The van der Waals surface area contributed by atoms with E-state index in [1.165, 1.54) is 75.8 Å². The Hall–Kier alpha value is -6.15. The summed E-state index contributed by atoms with van der Waals surface area (Å²) in [7, 11) is 0. The van der Waals surface area contributed by atoms with Crippen LogP contribution in [0.4, 0.5) is 17.1 Å². The molecule has 61 heavy (non-hydrogen) atoms. The van der Waals surface area contributed by atoms with Gasteiger partial charge < -0.3 is 9.32 Å². The molecule has 0 unspecified atom stereocenters. The molecule has 0 saturated carbocycles. The Balaban J connectivity index is 1.20. The van der Waals surface area contributed by atoms with Crippen molar-refractivity contribution in [3.05, 3.63) is 160 Å². The van der Waals surface area contributed by atoms with Crippen molar-refractivity contribution in [3.63, 3.8) is 0 Å². The SMILES string of the molecule is CC(C)(C)c1cc(C(C)(C)C)c2sc3ccc4c(c3c2c1)C(C)(C)c1cccc(N(c2ccc3c(c2)C(C)(C)c2ccccc2-3)c2ccc3oc5ccc(C#N)cc5c3c2)c1-4. The van der Waals surface area contributed by atoms with Crippen LogP contribution < -0.4 is 4.90 Å². The second-order valence-corrected chi connectivity index (χ2v) is 21.6. The van der Waals surface area contributed by atoms with Gasteiger partial charge in [-0.3, -0.25) is 0 Å². The van der Waals surface area contributed by atoms with Gasteiger partial charge >= 0.3 is 0 Å². The van der Waals surface area contributed by atoms with E-state index in [2.05, 4.69) is 183 Å². The summed E-state index contributed by atoms with van der Waals surface area (Å²) in [5, 5.41) is 14.6. The molecule has 7 aromatic carbocycles. The second-order valence-electron chi connectivity index (χ2n) is 20.5. The van der Waals surface area contributed by atoms with Gasteiger partial charge in [-0.25, -0.2) is 0 Å². The number of benzene rings is 7. The van der Waals surface area contributed by atoms with Gasteiger partial charge in [0.1, 0.15) is 11.2 Å². The average molecular weight is 811 g/mol. The minimum Gasteiger partial charge on any atom is -0.456 e. The zero-order valence-corrected chi connectivity index (χ0v) is 37.6. The van der Waals surface area contributed by atoms with Gasteiger partial charge in [0.25, 0.3) is 0 Å². The molecule has 300 valence electrons. The Morgan fingerprint density at radius 2 is 1.26 bits per heavy atom. The minimum atomic E-state index is -0.264. The van der Waals surface area contributed by atoms with E-state index in [0.717, 1.165) is 39.0 Å². The molecule has 4 heteroatoms. The molecule has 0 atom stereocenters. The number of thiophene rings is 1. The number of nitriles is 1. The monoisotopic (exact) mass is 810 g/mol. The van der Waals surface area contributed by atoms with Crippen LogP contribution in [-0.4, -0.2) is 0 Å². The van der Waals surface area contributed by atoms with Crippen molar-refractivity contribution in [2.75, 3.05) is 4.90 Å². The molecule has 2 aromatic heterocycles. The molecule has 0 N–H and O–H groups in total. The molecule has 0 spiro atoms. The molecule has 0 radical (unpaired) electrons. The highest BCUT2D eigenvalue weighted by Gasteiger charge is 2.41. The lowest BCUT2D eigenvalue weighted by molar-refractivity contribution is 0.573. The fraction of sp³-hybridized carbons (Fsp3) is 0.246. The molecule has 2 heterocycles. The van der Waals surface area contributed by atoms with Crippen molar-refractivity contribution in [1.29, 1.82) is 5.26 Å². The van der Waals surface area contributed by atoms with E-state index in [1.54, 1.807) is 0 Å². The predicted molar refractivity (Wildman–Crippen MR) is 259 cm³/mol. The lowest BCUT2D eigenvalue weighted by atomic mass is 9.78. The molecule has 9 aromatic rings. The molecule has 0 saturated heterocycles. The molecule has 0 aliphatic heterocycles. The summed E-state index contributed by atoms with van der Waals surface area (Å²) in [5.41, 5.74) is 18.5. The number of anilines is 3. The topological polar surface area (TPSA) is 40.2 Å². The summed E-state index contributed by atoms with van der Waals surface area (Å²) in [4.78, 5) is 2.47. The predicted octanol–water partition coefficient (Wildman–Crippen LogP) is 16.5. The molecular formula is C57H50N2OS. The van der Waals surface area contributed by atoms with Crippen LogP contribution in [0.3, 0.4) is 0 Å². The Kier molecular flexibility index (Phi) is 7.73. The molecule has 0 amide bonds. The first kappa shape index (κ1) is 37.8. The highest BCUT2D eigenvalue weighted by molar-refractivity contribution is 7.26. The quantitative estimate of drug-likeness (QED) is 0.178. The van der Waals surface area contributed by atoms with Gasteiger partial charge in [0.05, 0.1) is 17.3 Å². The highest BCUT2D eigenvalue weighted by Crippen LogP contribution is 2.59. The summed E-state index contributed by atoms with van der Waals surface area (Å²) in [6.07, 6.45) is 0. The summed E-state index contributed by atoms with van der Waals surface area (Å²) in [6, 6.07) is 47.2. The lowest BCUT2D eigenvalue weighted by Crippen LogP contribution is -2.18. The van der Waals surface area contributed by atoms with Crippen LogP contribution in [0.25, 0.3) is 64.4 Å². The highest BCUT2D eigenvalue weighted by atomic mass is 32.1. The first-order valence-electron chi connectivity index (χ1n) is 21.6. The van der Waals surface area contributed by atoms with Crippen molar-refractivity contribution in [2.24, 2.45) is 0 Å². The van der Waals surface area contributed by atoms with E-state index in [0.29, 0.717) is 5.56 Å². The molecule has 2 aliphatic rings. The fourth-order valence-corrected chi connectivity index (χ4v) is 12.1. The van der Waals surface area contributed by atoms with E-state index in [1.807, 2.05) is 29.5 Å². The Labute approximate surface area is 362 Å². The third-order valence-corrected chi connectivity index (χ3v) is 15.1. The Morgan fingerprint density at radius 1 is 0.590 bits per heavy atom. The minimum absolute atomic E-state index is 0.000898. The van der Waals surface area contributed by atoms with E-state index in [4.69, 9.17) is 4.42 Å². The van der Waals surface area contributed by atoms with Crippen LogP contribution in [0.1, 0.15) is 108 Å². The van der Waals surface area contributed by atoms with Crippen molar-refractivity contribution in [1.82, 2.24) is 0 Å². The second kappa shape index (κ2) is 12.5. The number of nitrogens with zero attached hydrogens (tertiary/aromatic N) is 2. The molecule has 0 fully saturated rings. The van der Waals surface area contributed by atoms with Crippen molar-refractivity contribution in [3.8, 4) is 28.3 Å². The van der Waals surface area contributed by atoms with Crippen LogP contribution in [-0.2, 0) is 21.7 Å². The van der Waals surface area contributed by atoms with Gasteiger partial charge in [-0.2, -0.15) is 5.26 Å². The molecule has 11 rings (SSSR count). The van der Waals surface area contributed by atoms with Gasteiger partial charge in [0, 0.05) is 58.7 Å². The van der Waals surface area contributed by atoms with Gasteiger partial charge in [-0.15, -0.1) is 11.3 Å². The van der Waals surface area contributed by atoms with Gasteiger partial charge in [0.15, 0.2) is 0 Å². The average Bonchev–Trinajstić information content (AvgIpc) is 3.92. The fourth-order valence-electron chi connectivity index (χ4n) is 10.7. The number of rotatable bonds is 3. The van der Waals surface area contributed by atoms with E-state index in [-0.39, 0.29) is 21.7 Å². The zero-order chi connectivity index (χ0) is 42.5. The van der Waals surface area contributed by atoms with Crippen LogP contribution in [0.2, 0.25) is 0 Å². The van der Waals surface area contributed by atoms with Gasteiger partial charge in [-0.05, 0) is 128 Å². The first-order chi connectivity index (χ1) is 29.0. The Morgan fingerprint density at radius 3 is 2.02 bits per heavy atom. The molecule has 3 nitrogen and oxygen atoms in total. The molecular weight excluding hydrogens is 761 g/mol. The van der Waals surface area contributed by atoms with E-state index in [9.17, 15) is 5.26 Å².